The van der Waals surface area contributed by atoms with Crippen LogP contribution in [0.25, 0.3) is 11.3 Å². The number of anilines is 1. The molecule has 0 aromatic carbocycles. The van der Waals surface area contributed by atoms with Gasteiger partial charge in [0.2, 0.25) is 5.88 Å². The number of pyridine rings is 2. The van der Waals surface area contributed by atoms with Gasteiger partial charge in [-0.05, 0) is 42.9 Å². The van der Waals surface area contributed by atoms with Gasteiger partial charge in [-0.15, -0.1) is 0 Å². The van der Waals surface area contributed by atoms with Gasteiger partial charge < -0.3 is 20.1 Å². The maximum absolute atomic E-state index is 6.09. The van der Waals surface area contributed by atoms with Crippen LogP contribution in [-0.2, 0) is 4.74 Å². The smallest absolute Gasteiger partial charge is 0.219 e. The second-order valence-electron chi connectivity index (χ2n) is 9.29. The Morgan fingerprint density at radius 3 is 2.67 bits per heavy atom. The van der Waals surface area contributed by atoms with Crippen molar-refractivity contribution in [1.82, 2.24) is 24.8 Å². The summed E-state index contributed by atoms with van der Waals surface area (Å²) in [5, 5.41) is 0. The summed E-state index contributed by atoms with van der Waals surface area (Å²) in [6.07, 6.45) is 5.78. The molecule has 4 heterocycles. The molecule has 3 aromatic rings. The van der Waals surface area contributed by atoms with Crippen molar-refractivity contribution >= 4 is 5.82 Å². The molecule has 8 nitrogen and oxygen atoms in total. The van der Waals surface area contributed by atoms with Gasteiger partial charge in [0.25, 0.3) is 0 Å². The van der Waals surface area contributed by atoms with E-state index >= 15 is 0 Å². The number of methoxy groups -OCH3 is 1. The Morgan fingerprint density at radius 2 is 1.94 bits per heavy atom. The van der Waals surface area contributed by atoms with Crippen molar-refractivity contribution in [1.29, 1.82) is 0 Å². The molecule has 2 aliphatic carbocycles. The molecule has 3 fully saturated rings. The molecule has 2 N–H and O–H groups in total. The lowest BCUT2D eigenvalue weighted by atomic mass is 10.1. The fourth-order valence-electron chi connectivity index (χ4n) is 4.98. The molecule has 0 bridgehead atoms. The highest BCUT2D eigenvalue weighted by Gasteiger charge is 2.57. The number of hydrogen-bond donors (Lipinski definition) is 1. The van der Waals surface area contributed by atoms with E-state index < -0.39 is 0 Å². The quantitative estimate of drug-likeness (QED) is 0.564. The van der Waals surface area contributed by atoms with Gasteiger partial charge in [0.1, 0.15) is 5.82 Å². The van der Waals surface area contributed by atoms with Gasteiger partial charge in [0.15, 0.2) is 11.6 Å². The number of piperidine rings is 1. The van der Waals surface area contributed by atoms with E-state index in [9.17, 15) is 0 Å². The third-order valence-electron chi connectivity index (χ3n) is 6.96. The summed E-state index contributed by atoms with van der Waals surface area (Å²) < 4.78 is 11.1. The first-order valence-corrected chi connectivity index (χ1v) is 11.6. The first-order valence-electron chi connectivity index (χ1n) is 11.6. The van der Waals surface area contributed by atoms with Crippen LogP contribution in [-0.4, -0.2) is 58.2 Å². The Kier molecular flexibility index (Phi) is 5.19. The van der Waals surface area contributed by atoms with Gasteiger partial charge in [-0.3, -0.25) is 0 Å². The van der Waals surface area contributed by atoms with Crippen molar-refractivity contribution in [3.63, 3.8) is 0 Å². The minimum Gasteiger partial charge on any atom is -0.435 e. The molecular formula is C25H28N6O2. The highest BCUT2D eigenvalue weighted by Crippen LogP contribution is 2.58. The van der Waals surface area contributed by atoms with Crippen molar-refractivity contribution in [3.05, 3.63) is 54.2 Å². The van der Waals surface area contributed by atoms with Crippen LogP contribution in [0.2, 0.25) is 0 Å². The molecule has 33 heavy (non-hydrogen) atoms. The molecule has 3 atom stereocenters. The normalized spacial score (nSPS) is 24.0. The number of rotatable bonds is 8. The lowest BCUT2D eigenvalue weighted by Crippen LogP contribution is -2.28. The van der Waals surface area contributed by atoms with E-state index in [0.29, 0.717) is 41.1 Å². The molecule has 3 aliphatic rings. The second kappa shape index (κ2) is 8.35. The number of ether oxygens (including phenoxy) is 2. The maximum Gasteiger partial charge on any atom is 0.219 e. The SMILES string of the molecule is COCCN1C[C@@H]2C(c3cc(-c4cnc(N)c(Oc5ccccn5)c4)nc(C4CC4)n3)[C@@H]2C1. The highest BCUT2D eigenvalue weighted by molar-refractivity contribution is 5.65. The van der Waals surface area contributed by atoms with Crippen molar-refractivity contribution in [3.8, 4) is 22.9 Å². The van der Waals surface area contributed by atoms with E-state index in [1.54, 1.807) is 25.6 Å². The summed E-state index contributed by atoms with van der Waals surface area (Å²) in [5.41, 5.74) is 9.04. The maximum atomic E-state index is 6.09. The van der Waals surface area contributed by atoms with E-state index in [2.05, 4.69) is 20.9 Å². The van der Waals surface area contributed by atoms with Gasteiger partial charge in [-0.2, -0.15) is 0 Å². The molecule has 0 spiro atoms. The van der Waals surface area contributed by atoms with Crippen molar-refractivity contribution < 1.29 is 9.47 Å². The van der Waals surface area contributed by atoms with Crippen LogP contribution >= 0.6 is 0 Å². The van der Waals surface area contributed by atoms with Crippen LogP contribution in [0.4, 0.5) is 5.82 Å². The second-order valence-corrected chi connectivity index (χ2v) is 9.29. The van der Waals surface area contributed by atoms with Crippen LogP contribution in [0.3, 0.4) is 0 Å². The summed E-state index contributed by atoms with van der Waals surface area (Å²) >= 11 is 0. The van der Waals surface area contributed by atoms with Crippen molar-refractivity contribution in [2.24, 2.45) is 11.8 Å². The molecule has 8 heteroatoms. The van der Waals surface area contributed by atoms with E-state index in [0.717, 1.165) is 43.3 Å². The van der Waals surface area contributed by atoms with Gasteiger partial charge in [0, 0.05) is 68.3 Å². The summed E-state index contributed by atoms with van der Waals surface area (Å²) in [7, 11) is 1.76. The monoisotopic (exact) mass is 444 g/mol. The molecule has 6 rings (SSSR count). The molecule has 1 unspecified atom stereocenters. The largest absolute Gasteiger partial charge is 0.435 e. The number of hydrogen-bond acceptors (Lipinski definition) is 8. The van der Waals surface area contributed by atoms with Crippen LogP contribution in [0.1, 0.15) is 36.2 Å². The predicted molar refractivity (Wildman–Crippen MR) is 124 cm³/mol. The molecule has 3 aromatic heterocycles. The topological polar surface area (TPSA) is 99.3 Å². The first-order chi connectivity index (χ1) is 16.2. The Hall–Kier alpha value is -3.10. The Bertz CT molecular complexity index is 1140. The van der Waals surface area contributed by atoms with Crippen LogP contribution in [0, 0.1) is 11.8 Å². The predicted octanol–water partition coefficient (Wildman–Crippen LogP) is 3.48. The lowest BCUT2D eigenvalue weighted by molar-refractivity contribution is 0.153. The third kappa shape index (κ3) is 4.16. The highest BCUT2D eigenvalue weighted by atomic mass is 16.5. The van der Waals surface area contributed by atoms with E-state index in [-0.39, 0.29) is 0 Å². The number of aromatic nitrogens is 4. The Morgan fingerprint density at radius 1 is 1.09 bits per heavy atom. The number of likely N-dealkylation sites (tertiary alicyclic amines) is 1. The van der Waals surface area contributed by atoms with Gasteiger partial charge in [-0.25, -0.2) is 19.9 Å². The molecule has 0 amide bonds. The van der Waals surface area contributed by atoms with Crippen LogP contribution < -0.4 is 10.5 Å². The lowest BCUT2D eigenvalue weighted by Gasteiger charge is -2.19. The number of nitrogen functional groups attached to an aromatic ring is 1. The minimum absolute atomic E-state index is 0.328. The summed E-state index contributed by atoms with van der Waals surface area (Å²) in [6, 6.07) is 9.56. The molecular weight excluding hydrogens is 416 g/mol. The molecule has 1 saturated heterocycles. The fraction of sp³-hybridized carbons (Fsp3) is 0.440. The summed E-state index contributed by atoms with van der Waals surface area (Å²) in [5.74, 6) is 4.63. The minimum atomic E-state index is 0.328. The molecule has 2 saturated carbocycles. The number of nitrogens with two attached hydrogens (primary N) is 1. The number of nitrogens with zero attached hydrogens (tertiary/aromatic N) is 5. The average Bonchev–Trinajstić information content (AvgIpc) is 3.76. The van der Waals surface area contributed by atoms with Gasteiger partial charge >= 0.3 is 0 Å². The van der Waals surface area contributed by atoms with Gasteiger partial charge in [0.05, 0.1) is 12.3 Å². The Labute approximate surface area is 193 Å². The molecule has 170 valence electrons. The van der Waals surface area contributed by atoms with Gasteiger partial charge in [-0.1, -0.05) is 6.07 Å². The summed E-state index contributed by atoms with van der Waals surface area (Å²) in [4.78, 5) is 21.0. The Balaban J connectivity index is 1.27. The molecule has 0 radical (unpaired) electrons. The van der Waals surface area contributed by atoms with Crippen LogP contribution in [0.15, 0.2) is 42.7 Å². The van der Waals surface area contributed by atoms with E-state index in [1.165, 1.54) is 18.5 Å². The average molecular weight is 445 g/mol. The van der Waals surface area contributed by atoms with Crippen molar-refractivity contribution in [2.75, 3.05) is 39.1 Å². The summed E-state index contributed by atoms with van der Waals surface area (Å²) in [6.45, 7) is 4.06. The van der Waals surface area contributed by atoms with Crippen LogP contribution in [0.5, 0.6) is 11.6 Å². The standard InChI is InChI=1S/C25H28N6O2/c1-32-9-8-31-13-17-18(14-31)23(17)20-11-19(29-25(30-20)15-5-6-15)16-10-21(24(26)28-12-16)33-22-4-2-3-7-27-22/h2-4,7,10-12,15,17-18,23H,5-6,8-9,13-14H2,1H3,(H2,26,28)/t17-,18+,23?. The fourth-order valence-corrected chi connectivity index (χ4v) is 4.98. The van der Waals surface area contributed by atoms with Crippen molar-refractivity contribution in [2.45, 2.75) is 24.7 Å². The zero-order valence-corrected chi connectivity index (χ0v) is 18.7. The van der Waals surface area contributed by atoms with E-state index in [1.807, 2.05) is 18.2 Å². The zero-order chi connectivity index (χ0) is 22.4. The van der Waals surface area contributed by atoms with E-state index in [4.69, 9.17) is 25.2 Å². The molecule has 1 aliphatic heterocycles. The first kappa shape index (κ1) is 20.5. The third-order valence-corrected chi connectivity index (χ3v) is 6.96. The number of fused-ring (bicyclic) bond motifs is 1. The zero-order valence-electron chi connectivity index (χ0n) is 18.7.